The summed E-state index contributed by atoms with van der Waals surface area (Å²) in [6, 6.07) is 11.0. The summed E-state index contributed by atoms with van der Waals surface area (Å²) >= 11 is 11.9. The first-order valence-corrected chi connectivity index (χ1v) is 9.15. The standard InChI is InChI=1S/C16H10Cl2FN3O2S/c17-13-5-4-10(6-14(13)18)15-8-16(21-9-20-15)22-25(23,24)12-3-1-2-11(19)7-12/h1-9H,(H,20,21,22). The second-order valence-corrected chi connectivity index (χ2v) is 7.48. The maximum Gasteiger partial charge on any atom is 0.263 e. The zero-order valence-corrected chi connectivity index (χ0v) is 14.8. The molecule has 9 heteroatoms. The van der Waals surface area contributed by atoms with Crippen LogP contribution in [0.4, 0.5) is 10.2 Å². The van der Waals surface area contributed by atoms with E-state index in [9.17, 15) is 12.8 Å². The van der Waals surface area contributed by atoms with Gasteiger partial charge in [0.2, 0.25) is 0 Å². The zero-order chi connectivity index (χ0) is 18.0. The third-order valence-electron chi connectivity index (χ3n) is 3.23. The predicted octanol–water partition coefficient (Wildman–Crippen LogP) is 4.39. The molecule has 0 unspecified atom stereocenters. The molecule has 0 spiro atoms. The molecule has 5 nitrogen and oxygen atoms in total. The second-order valence-electron chi connectivity index (χ2n) is 4.98. The minimum absolute atomic E-state index is 0.0420. The summed E-state index contributed by atoms with van der Waals surface area (Å²) in [5, 5.41) is 0.742. The highest BCUT2D eigenvalue weighted by atomic mass is 35.5. The highest BCUT2D eigenvalue weighted by Crippen LogP contribution is 2.28. The van der Waals surface area contributed by atoms with Crippen LogP contribution in [0.5, 0.6) is 0 Å². The highest BCUT2D eigenvalue weighted by molar-refractivity contribution is 7.92. The van der Waals surface area contributed by atoms with Crippen LogP contribution >= 0.6 is 23.2 Å². The molecule has 0 aliphatic rings. The van der Waals surface area contributed by atoms with Gasteiger partial charge in [0, 0.05) is 11.6 Å². The number of nitrogens with one attached hydrogen (secondary N) is 1. The number of aromatic nitrogens is 2. The van der Waals surface area contributed by atoms with E-state index >= 15 is 0 Å². The van der Waals surface area contributed by atoms with E-state index in [0.717, 1.165) is 12.1 Å². The topological polar surface area (TPSA) is 72.0 Å². The van der Waals surface area contributed by atoms with Crippen LogP contribution in [0.3, 0.4) is 0 Å². The van der Waals surface area contributed by atoms with Crippen molar-refractivity contribution in [3.63, 3.8) is 0 Å². The van der Waals surface area contributed by atoms with E-state index in [1.807, 2.05) is 0 Å². The molecule has 0 saturated carbocycles. The van der Waals surface area contributed by atoms with Crippen molar-refractivity contribution < 1.29 is 12.8 Å². The Morgan fingerprint density at radius 2 is 1.76 bits per heavy atom. The Bertz CT molecular complexity index is 1050. The lowest BCUT2D eigenvalue weighted by molar-refractivity contribution is 0.595. The van der Waals surface area contributed by atoms with Gasteiger partial charge in [0.25, 0.3) is 10.0 Å². The van der Waals surface area contributed by atoms with Gasteiger partial charge in [0.05, 0.1) is 20.6 Å². The molecule has 25 heavy (non-hydrogen) atoms. The number of nitrogens with zero attached hydrogens (tertiary/aromatic N) is 2. The van der Waals surface area contributed by atoms with Crippen molar-refractivity contribution >= 4 is 39.0 Å². The Hall–Kier alpha value is -2.22. The number of hydrogen-bond acceptors (Lipinski definition) is 4. The summed E-state index contributed by atoms with van der Waals surface area (Å²) in [6.07, 6.45) is 1.21. The lowest BCUT2D eigenvalue weighted by Gasteiger charge is -2.09. The minimum atomic E-state index is -3.98. The van der Waals surface area contributed by atoms with Crippen LogP contribution in [-0.4, -0.2) is 18.4 Å². The number of hydrogen-bond donors (Lipinski definition) is 1. The van der Waals surface area contributed by atoms with Gasteiger partial charge in [-0.2, -0.15) is 0 Å². The van der Waals surface area contributed by atoms with Crippen LogP contribution in [-0.2, 0) is 10.0 Å². The van der Waals surface area contributed by atoms with Gasteiger partial charge >= 0.3 is 0 Å². The van der Waals surface area contributed by atoms with E-state index in [2.05, 4.69) is 14.7 Å². The molecule has 0 bridgehead atoms. The molecule has 128 valence electrons. The van der Waals surface area contributed by atoms with Gasteiger partial charge in [-0.25, -0.2) is 22.8 Å². The Morgan fingerprint density at radius 1 is 0.960 bits per heavy atom. The van der Waals surface area contributed by atoms with Crippen LogP contribution < -0.4 is 4.72 Å². The molecule has 1 heterocycles. The van der Waals surface area contributed by atoms with Crippen LogP contribution in [0.1, 0.15) is 0 Å². The van der Waals surface area contributed by atoms with Crippen LogP contribution in [0.2, 0.25) is 10.0 Å². The average Bonchev–Trinajstić information content (AvgIpc) is 2.57. The molecule has 0 aliphatic heterocycles. The Labute approximate surface area is 153 Å². The fraction of sp³-hybridized carbons (Fsp3) is 0. The van der Waals surface area contributed by atoms with Gasteiger partial charge in [-0.05, 0) is 30.3 Å². The Morgan fingerprint density at radius 3 is 2.48 bits per heavy atom. The van der Waals surface area contributed by atoms with Gasteiger partial charge in [-0.15, -0.1) is 0 Å². The summed E-state index contributed by atoms with van der Waals surface area (Å²) in [5.74, 6) is -0.609. The molecule has 0 amide bonds. The lowest BCUT2D eigenvalue weighted by atomic mass is 10.1. The van der Waals surface area contributed by atoms with Crippen molar-refractivity contribution in [2.45, 2.75) is 4.90 Å². The average molecular weight is 398 g/mol. The first kappa shape index (κ1) is 17.6. The van der Waals surface area contributed by atoms with Crippen molar-refractivity contribution in [3.05, 3.63) is 70.7 Å². The summed E-state index contributed by atoms with van der Waals surface area (Å²) in [7, 11) is -3.98. The molecule has 0 aliphatic carbocycles. The van der Waals surface area contributed by atoms with Crippen molar-refractivity contribution in [1.82, 2.24) is 9.97 Å². The third kappa shape index (κ3) is 4.07. The van der Waals surface area contributed by atoms with Crippen molar-refractivity contribution in [1.29, 1.82) is 0 Å². The molecule has 1 aromatic heterocycles. The van der Waals surface area contributed by atoms with Crippen LogP contribution in [0, 0.1) is 5.82 Å². The summed E-state index contributed by atoms with van der Waals surface area (Å²) < 4.78 is 40.2. The van der Waals surface area contributed by atoms with E-state index in [1.165, 1.54) is 24.5 Å². The first-order chi connectivity index (χ1) is 11.8. The fourth-order valence-electron chi connectivity index (χ4n) is 2.06. The van der Waals surface area contributed by atoms with Gasteiger partial charge in [0.15, 0.2) is 0 Å². The summed E-state index contributed by atoms with van der Waals surface area (Å²) in [4.78, 5) is 7.77. The van der Waals surface area contributed by atoms with Crippen LogP contribution in [0.25, 0.3) is 11.3 Å². The van der Waals surface area contributed by atoms with Gasteiger partial charge < -0.3 is 0 Å². The predicted molar refractivity (Wildman–Crippen MR) is 94.7 cm³/mol. The molecule has 0 saturated heterocycles. The summed E-state index contributed by atoms with van der Waals surface area (Å²) in [5.41, 5.74) is 1.09. The first-order valence-electron chi connectivity index (χ1n) is 6.91. The van der Waals surface area contributed by atoms with E-state index in [0.29, 0.717) is 21.3 Å². The fourth-order valence-corrected chi connectivity index (χ4v) is 3.39. The Kier molecular flexibility index (Phi) is 4.89. The molecule has 0 atom stereocenters. The normalized spacial score (nSPS) is 11.3. The monoisotopic (exact) mass is 397 g/mol. The van der Waals surface area contributed by atoms with E-state index < -0.39 is 15.8 Å². The summed E-state index contributed by atoms with van der Waals surface area (Å²) in [6.45, 7) is 0. The van der Waals surface area contributed by atoms with Crippen molar-refractivity contribution in [2.75, 3.05) is 4.72 Å². The van der Waals surface area contributed by atoms with Crippen LogP contribution in [0.15, 0.2) is 59.8 Å². The van der Waals surface area contributed by atoms with Gasteiger partial charge in [-0.1, -0.05) is 35.3 Å². The Balaban J connectivity index is 1.93. The van der Waals surface area contributed by atoms with E-state index in [-0.39, 0.29) is 10.7 Å². The second kappa shape index (κ2) is 6.95. The van der Waals surface area contributed by atoms with E-state index in [4.69, 9.17) is 23.2 Å². The molecular formula is C16H10Cl2FN3O2S. The highest BCUT2D eigenvalue weighted by Gasteiger charge is 2.16. The number of halogens is 3. The van der Waals surface area contributed by atoms with E-state index in [1.54, 1.807) is 18.2 Å². The smallest absolute Gasteiger partial charge is 0.263 e. The molecule has 3 rings (SSSR count). The molecular weight excluding hydrogens is 388 g/mol. The third-order valence-corrected chi connectivity index (χ3v) is 5.32. The molecule has 3 aromatic rings. The number of benzene rings is 2. The van der Waals surface area contributed by atoms with Gasteiger partial charge in [0.1, 0.15) is 18.0 Å². The quantitative estimate of drug-likeness (QED) is 0.708. The van der Waals surface area contributed by atoms with Crippen molar-refractivity contribution in [3.8, 4) is 11.3 Å². The maximum absolute atomic E-state index is 13.3. The zero-order valence-electron chi connectivity index (χ0n) is 12.4. The molecule has 0 fully saturated rings. The largest absolute Gasteiger partial charge is 0.263 e. The SMILES string of the molecule is O=S(=O)(Nc1cc(-c2ccc(Cl)c(Cl)c2)ncn1)c1cccc(F)c1. The lowest BCUT2D eigenvalue weighted by Crippen LogP contribution is -2.14. The number of anilines is 1. The molecule has 0 radical (unpaired) electrons. The molecule has 1 N–H and O–H groups in total. The maximum atomic E-state index is 13.3. The minimum Gasteiger partial charge on any atom is -0.263 e. The number of sulfonamides is 1. The van der Waals surface area contributed by atoms with Gasteiger partial charge in [-0.3, -0.25) is 4.72 Å². The number of rotatable bonds is 4. The molecule has 2 aromatic carbocycles. The van der Waals surface area contributed by atoms with Crippen molar-refractivity contribution in [2.24, 2.45) is 0 Å².